The van der Waals surface area contributed by atoms with E-state index in [1.807, 2.05) is 12.1 Å². The zero-order chi connectivity index (χ0) is 22.1. The molecule has 1 N–H and O–H groups in total. The molecule has 0 saturated heterocycles. The van der Waals surface area contributed by atoms with E-state index in [4.69, 9.17) is 0 Å². The van der Waals surface area contributed by atoms with Crippen LogP contribution in [0.15, 0.2) is 30.4 Å². The van der Waals surface area contributed by atoms with Gasteiger partial charge in [0.15, 0.2) is 0 Å². The predicted molar refractivity (Wildman–Crippen MR) is 126 cm³/mol. The number of aromatic hydroxyl groups is 1. The van der Waals surface area contributed by atoms with Crippen molar-refractivity contribution in [1.29, 1.82) is 0 Å². The molecule has 2 heteroatoms. The zero-order valence-electron chi connectivity index (χ0n) is 19.9. The molecule has 2 aliphatic carbocycles. The maximum Gasteiger partial charge on any atom is 0.136 e. The van der Waals surface area contributed by atoms with Crippen molar-refractivity contribution in [3.63, 3.8) is 0 Å². The molecule has 2 nitrogen and oxygen atoms in total. The number of aryl methyl sites for hydroxylation is 2. The average Bonchev–Trinajstić information content (AvgIpc) is 3.05. The van der Waals surface area contributed by atoms with Crippen LogP contribution >= 0.6 is 0 Å². The Morgan fingerprint density at radius 1 is 1.17 bits per heavy atom. The average molecular weight is 411 g/mol. The molecule has 30 heavy (non-hydrogen) atoms. The Labute approximate surface area is 184 Å². The molecule has 0 unspecified atom stereocenters. The van der Waals surface area contributed by atoms with Gasteiger partial charge in [-0.25, -0.2) is 0 Å². The molecule has 1 aromatic rings. The molecule has 1 aromatic carbocycles. The highest BCUT2D eigenvalue weighted by molar-refractivity contribution is 5.82. The summed E-state index contributed by atoms with van der Waals surface area (Å²) in [5.41, 5.74) is 2.67. The van der Waals surface area contributed by atoms with Crippen molar-refractivity contribution in [3.8, 4) is 5.75 Å². The van der Waals surface area contributed by atoms with Crippen LogP contribution < -0.4 is 0 Å². The van der Waals surface area contributed by atoms with Crippen LogP contribution in [0.25, 0.3) is 0 Å². The summed E-state index contributed by atoms with van der Waals surface area (Å²) in [5.74, 6) is 4.04. The third-order valence-corrected chi connectivity index (χ3v) is 8.75. The maximum absolute atomic E-state index is 13.0. The van der Waals surface area contributed by atoms with Crippen molar-refractivity contribution in [2.24, 2.45) is 40.9 Å². The zero-order valence-corrected chi connectivity index (χ0v) is 19.9. The van der Waals surface area contributed by atoms with Crippen molar-refractivity contribution < 1.29 is 9.90 Å². The number of Topliss-reactive ketones (excluding diaryl/α,β-unsaturated/α-hetero) is 1. The minimum atomic E-state index is 0.182. The van der Waals surface area contributed by atoms with E-state index in [0.717, 1.165) is 25.7 Å². The van der Waals surface area contributed by atoms with Gasteiger partial charge in [0.05, 0.1) is 0 Å². The fraction of sp³-hybridized carbons (Fsp3) is 0.679. The van der Waals surface area contributed by atoms with Crippen molar-refractivity contribution >= 4 is 5.78 Å². The lowest BCUT2D eigenvalue weighted by Crippen LogP contribution is -2.43. The summed E-state index contributed by atoms with van der Waals surface area (Å²) in [7, 11) is 0. The van der Waals surface area contributed by atoms with Crippen LogP contribution in [0, 0.1) is 47.8 Å². The van der Waals surface area contributed by atoms with Gasteiger partial charge in [-0.2, -0.15) is 0 Å². The van der Waals surface area contributed by atoms with Crippen molar-refractivity contribution in [2.75, 3.05) is 0 Å². The van der Waals surface area contributed by atoms with Crippen LogP contribution in [0.3, 0.4) is 0 Å². The van der Waals surface area contributed by atoms with Crippen LogP contribution in [0.5, 0.6) is 5.75 Å². The summed E-state index contributed by atoms with van der Waals surface area (Å²) in [6.45, 7) is 13.9. The highest BCUT2D eigenvalue weighted by Crippen LogP contribution is 2.59. The van der Waals surface area contributed by atoms with E-state index in [9.17, 15) is 9.90 Å². The second kappa shape index (κ2) is 9.28. The molecule has 0 spiro atoms. The first kappa shape index (κ1) is 23.1. The van der Waals surface area contributed by atoms with Gasteiger partial charge in [0.1, 0.15) is 11.5 Å². The van der Waals surface area contributed by atoms with Crippen LogP contribution in [-0.2, 0) is 11.2 Å². The number of rotatable bonds is 7. The van der Waals surface area contributed by atoms with Gasteiger partial charge in [0.25, 0.3) is 0 Å². The molecular formula is C28H42O2. The quantitative estimate of drug-likeness (QED) is 0.485. The summed E-state index contributed by atoms with van der Waals surface area (Å²) in [6.07, 6.45) is 10.9. The van der Waals surface area contributed by atoms with Crippen molar-refractivity contribution in [2.45, 2.75) is 80.1 Å². The number of fused-ring (bicyclic) bond motifs is 1. The van der Waals surface area contributed by atoms with Gasteiger partial charge < -0.3 is 5.11 Å². The summed E-state index contributed by atoms with van der Waals surface area (Å²) in [5, 5.41) is 9.86. The van der Waals surface area contributed by atoms with E-state index in [1.165, 1.54) is 24.0 Å². The van der Waals surface area contributed by atoms with E-state index in [0.29, 0.717) is 41.1 Å². The Morgan fingerprint density at radius 2 is 1.90 bits per heavy atom. The van der Waals surface area contributed by atoms with Gasteiger partial charge in [0, 0.05) is 12.3 Å². The van der Waals surface area contributed by atoms with Crippen LogP contribution in [0.4, 0.5) is 0 Å². The van der Waals surface area contributed by atoms with Gasteiger partial charge >= 0.3 is 0 Å². The first-order valence-corrected chi connectivity index (χ1v) is 12.1. The van der Waals surface area contributed by atoms with Crippen LogP contribution in [-0.4, -0.2) is 10.9 Å². The molecule has 3 rings (SSSR count). The lowest BCUT2D eigenvalue weighted by Gasteiger charge is -2.46. The number of hydrogen-bond donors (Lipinski definition) is 1. The van der Waals surface area contributed by atoms with Crippen LogP contribution in [0.1, 0.15) is 77.8 Å². The number of allylic oxidation sites excluding steroid dienone is 2. The molecule has 166 valence electrons. The summed E-state index contributed by atoms with van der Waals surface area (Å²) in [6, 6.07) is 5.61. The maximum atomic E-state index is 13.0. The first-order chi connectivity index (χ1) is 14.1. The van der Waals surface area contributed by atoms with Crippen LogP contribution in [0.2, 0.25) is 0 Å². The molecular weight excluding hydrogens is 368 g/mol. The van der Waals surface area contributed by atoms with Gasteiger partial charge in [-0.15, -0.1) is 0 Å². The SMILES string of the molecule is Cc1ccc(O)cc1CC[C@@H]1C(=O)CC[C@]2(C)[C@@H]([C@H](C)C=C[C@H](C)C(C)C)CC[C@@H]12. The molecule has 0 heterocycles. The van der Waals surface area contributed by atoms with Crippen molar-refractivity contribution in [3.05, 3.63) is 41.5 Å². The minimum Gasteiger partial charge on any atom is -0.508 e. The predicted octanol–water partition coefficient (Wildman–Crippen LogP) is 7.13. The fourth-order valence-corrected chi connectivity index (χ4v) is 6.30. The smallest absolute Gasteiger partial charge is 0.136 e. The highest BCUT2D eigenvalue weighted by Gasteiger charge is 2.54. The van der Waals surface area contributed by atoms with Gasteiger partial charge in [0.2, 0.25) is 0 Å². The Morgan fingerprint density at radius 3 is 2.60 bits per heavy atom. The standard InChI is InChI=1S/C28H42O2/c1-18(2)19(3)7-8-21(5)25-13-14-26-24(27(30)15-16-28(25,26)6)12-10-22-17-23(29)11-9-20(22)4/h7-9,11,17-19,21,24-26,29H,10,12-16H2,1-6H3/t19-,21+,24-,25+,26-,28+/m0/s1. The third kappa shape index (κ3) is 4.68. The molecule has 0 radical (unpaired) electrons. The van der Waals surface area contributed by atoms with Gasteiger partial charge in [-0.1, -0.05) is 52.8 Å². The second-order valence-electron chi connectivity index (χ2n) is 10.9. The van der Waals surface area contributed by atoms with Gasteiger partial charge in [-0.05, 0) is 97.3 Å². The topological polar surface area (TPSA) is 37.3 Å². The van der Waals surface area contributed by atoms with E-state index in [2.05, 4.69) is 53.7 Å². The van der Waals surface area contributed by atoms with E-state index in [-0.39, 0.29) is 11.3 Å². The molecule has 2 aliphatic rings. The number of phenolic OH excluding ortho intramolecular Hbond substituents is 1. The van der Waals surface area contributed by atoms with E-state index >= 15 is 0 Å². The minimum absolute atomic E-state index is 0.182. The summed E-state index contributed by atoms with van der Waals surface area (Å²) in [4.78, 5) is 13.0. The van der Waals surface area contributed by atoms with Gasteiger partial charge in [-0.3, -0.25) is 4.79 Å². The number of ketones is 1. The Hall–Kier alpha value is -1.57. The Kier molecular flexibility index (Phi) is 7.15. The van der Waals surface area contributed by atoms with E-state index in [1.54, 1.807) is 6.07 Å². The summed E-state index contributed by atoms with van der Waals surface area (Å²) < 4.78 is 0. The Balaban J connectivity index is 1.73. The number of carbonyl (C=O) groups excluding carboxylic acids is 1. The Bertz CT molecular complexity index is 777. The van der Waals surface area contributed by atoms with E-state index < -0.39 is 0 Å². The molecule has 0 bridgehead atoms. The number of benzene rings is 1. The molecule has 2 saturated carbocycles. The highest BCUT2D eigenvalue weighted by atomic mass is 16.3. The van der Waals surface area contributed by atoms with Crippen molar-refractivity contribution in [1.82, 2.24) is 0 Å². The molecule has 0 aromatic heterocycles. The second-order valence-corrected chi connectivity index (χ2v) is 10.9. The number of phenols is 1. The number of hydrogen-bond acceptors (Lipinski definition) is 2. The molecule has 6 atom stereocenters. The lowest BCUT2D eigenvalue weighted by atomic mass is 9.58. The fourth-order valence-electron chi connectivity index (χ4n) is 6.30. The largest absolute Gasteiger partial charge is 0.508 e. The monoisotopic (exact) mass is 410 g/mol. The first-order valence-electron chi connectivity index (χ1n) is 12.1. The normalized spacial score (nSPS) is 31.3. The third-order valence-electron chi connectivity index (χ3n) is 8.75. The lowest BCUT2D eigenvalue weighted by molar-refractivity contribution is -0.132. The molecule has 0 aliphatic heterocycles. The molecule has 0 amide bonds. The summed E-state index contributed by atoms with van der Waals surface area (Å²) >= 11 is 0. The molecule has 2 fully saturated rings. The number of carbonyl (C=O) groups is 1.